The molecule has 4 N–H and O–H groups in total. The molecule has 0 aliphatic rings. The molecule has 0 atom stereocenters. The van der Waals surface area contributed by atoms with Crippen LogP contribution >= 0.6 is 0 Å². The van der Waals surface area contributed by atoms with E-state index < -0.39 is 10.0 Å². The van der Waals surface area contributed by atoms with E-state index in [-0.39, 0.29) is 11.4 Å². The summed E-state index contributed by atoms with van der Waals surface area (Å²) >= 11 is 0. The third kappa shape index (κ3) is 3.14. The second-order valence-electron chi connectivity index (χ2n) is 4.86. The van der Waals surface area contributed by atoms with Gasteiger partial charge in [-0.3, -0.25) is 9.78 Å². The highest BCUT2D eigenvalue weighted by Gasteiger charge is 2.24. The van der Waals surface area contributed by atoms with Gasteiger partial charge in [-0.15, -0.1) is 0 Å². The Hall–Kier alpha value is -1.71. The van der Waals surface area contributed by atoms with Gasteiger partial charge in [0.25, 0.3) is 0 Å². The topological polar surface area (TPSA) is 119 Å². The molecule has 21 heavy (non-hydrogen) atoms. The highest BCUT2D eigenvalue weighted by molar-refractivity contribution is 7.89. The molecule has 0 spiro atoms. The minimum atomic E-state index is -3.63. The number of hydrogen-bond donors (Lipinski definition) is 3. The van der Waals surface area contributed by atoms with E-state index in [4.69, 9.17) is 5.73 Å². The lowest BCUT2D eigenvalue weighted by Gasteiger charge is -2.07. The molecule has 0 aliphatic heterocycles. The van der Waals surface area contributed by atoms with Gasteiger partial charge in [0, 0.05) is 24.3 Å². The summed E-state index contributed by atoms with van der Waals surface area (Å²) in [5, 5.41) is 10.9. The molecule has 116 valence electrons. The summed E-state index contributed by atoms with van der Waals surface area (Å²) in [5.74, 6) is 0. The predicted molar refractivity (Wildman–Crippen MR) is 78.1 cm³/mol. The van der Waals surface area contributed by atoms with Gasteiger partial charge in [-0.05, 0) is 20.8 Å². The van der Waals surface area contributed by atoms with Crippen molar-refractivity contribution in [1.29, 1.82) is 0 Å². The van der Waals surface area contributed by atoms with E-state index in [1.807, 2.05) is 6.92 Å². The molecule has 0 aromatic carbocycles. The van der Waals surface area contributed by atoms with Crippen molar-refractivity contribution in [3.63, 3.8) is 0 Å². The molecule has 0 amide bonds. The number of rotatable bonds is 6. The molecule has 8 nitrogen and oxygen atoms in total. The van der Waals surface area contributed by atoms with E-state index in [0.29, 0.717) is 24.5 Å². The largest absolute Gasteiger partial charge is 0.329 e. The Balaban J connectivity index is 2.25. The third-order valence-corrected chi connectivity index (χ3v) is 4.96. The number of nitrogens with zero attached hydrogens (tertiary/aromatic N) is 3. The van der Waals surface area contributed by atoms with Crippen molar-refractivity contribution < 1.29 is 8.42 Å². The molecular weight excluding hydrogens is 292 g/mol. The molecule has 0 radical (unpaired) electrons. The van der Waals surface area contributed by atoms with Gasteiger partial charge in [-0.25, -0.2) is 13.1 Å². The number of hydrogen-bond acceptors (Lipinski definition) is 5. The number of H-pyrrole nitrogens is 1. The summed E-state index contributed by atoms with van der Waals surface area (Å²) in [7, 11) is -3.63. The van der Waals surface area contributed by atoms with Gasteiger partial charge in [0.05, 0.1) is 24.1 Å². The summed E-state index contributed by atoms with van der Waals surface area (Å²) < 4.78 is 29.1. The fraction of sp³-hybridized carbons (Fsp3) is 0.500. The van der Waals surface area contributed by atoms with Crippen LogP contribution in [0.1, 0.15) is 22.6 Å². The quantitative estimate of drug-likeness (QED) is 0.692. The van der Waals surface area contributed by atoms with E-state index in [0.717, 1.165) is 11.3 Å². The van der Waals surface area contributed by atoms with Crippen LogP contribution in [0.5, 0.6) is 0 Å². The monoisotopic (exact) mass is 312 g/mol. The van der Waals surface area contributed by atoms with Crippen LogP contribution in [0.15, 0.2) is 11.1 Å². The standard InChI is InChI=1S/C12H20N6O2S/c1-8-11(6-14-16-8)7-15-21(19,20)12-9(2)17-18(5-4-13)10(12)3/h6,15H,4-5,7,13H2,1-3H3,(H,14,16). The number of aryl methyl sites for hydroxylation is 2. The summed E-state index contributed by atoms with van der Waals surface area (Å²) in [6, 6.07) is 0. The molecule has 0 bridgehead atoms. The van der Waals surface area contributed by atoms with E-state index in [1.165, 1.54) is 0 Å². The molecule has 0 saturated carbocycles. The first-order valence-electron chi connectivity index (χ1n) is 6.59. The Kier molecular flexibility index (Phi) is 4.45. The zero-order chi connectivity index (χ0) is 15.6. The van der Waals surface area contributed by atoms with Crippen LogP contribution < -0.4 is 10.5 Å². The van der Waals surface area contributed by atoms with Crippen molar-refractivity contribution in [2.45, 2.75) is 38.8 Å². The summed E-state index contributed by atoms with van der Waals surface area (Å²) in [6.45, 7) is 6.33. The first-order valence-corrected chi connectivity index (χ1v) is 8.07. The molecule has 2 heterocycles. The first kappa shape index (κ1) is 15.7. The predicted octanol–water partition coefficient (Wildman–Crippen LogP) is -0.0313. The lowest BCUT2D eigenvalue weighted by Crippen LogP contribution is -2.24. The fourth-order valence-corrected chi connectivity index (χ4v) is 3.62. The molecule has 0 aliphatic carbocycles. The van der Waals surface area contributed by atoms with E-state index in [1.54, 1.807) is 24.7 Å². The molecule has 0 saturated heterocycles. The van der Waals surface area contributed by atoms with Gasteiger partial charge in [0.15, 0.2) is 0 Å². The fourth-order valence-electron chi connectivity index (χ4n) is 2.21. The Morgan fingerprint density at radius 3 is 2.67 bits per heavy atom. The van der Waals surface area contributed by atoms with E-state index in [2.05, 4.69) is 20.0 Å². The van der Waals surface area contributed by atoms with Crippen LogP contribution in [0.25, 0.3) is 0 Å². The van der Waals surface area contributed by atoms with Crippen molar-refractivity contribution in [1.82, 2.24) is 24.7 Å². The van der Waals surface area contributed by atoms with Crippen molar-refractivity contribution in [2.75, 3.05) is 6.54 Å². The number of aromatic amines is 1. The second kappa shape index (κ2) is 5.96. The third-order valence-electron chi connectivity index (χ3n) is 3.31. The number of nitrogens with two attached hydrogens (primary N) is 1. The van der Waals surface area contributed by atoms with Gasteiger partial charge in [-0.2, -0.15) is 10.2 Å². The van der Waals surface area contributed by atoms with Crippen LogP contribution in [0.2, 0.25) is 0 Å². The SMILES string of the molecule is Cc1nn(CCN)c(C)c1S(=O)(=O)NCc1cn[nH]c1C. The zero-order valence-electron chi connectivity index (χ0n) is 12.3. The normalized spacial score (nSPS) is 12.0. The number of aromatic nitrogens is 4. The first-order chi connectivity index (χ1) is 9.86. The van der Waals surface area contributed by atoms with Crippen LogP contribution in [-0.2, 0) is 23.1 Å². The highest BCUT2D eigenvalue weighted by Crippen LogP contribution is 2.19. The van der Waals surface area contributed by atoms with Crippen molar-refractivity contribution >= 4 is 10.0 Å². The van der Waals surface area contributed by atoms with Crippen LogP contribution in [0.4, 0.5) is 0 Å². The van der Waals surface area contributed by atoms with Gasteiger partial charge < -0.3 is 5.73 Å². The van der Waals surface area contributed by atoms with Crippen molar-refractivity contribution in [2.24, 2.45) is 5.73 Å². The zero-order valence-corrected chi connectivity index (χ0v) is 13.2. The van der Waals surface area contributed by atoms with Gasteiger partial charge in [0.1, 0.15) is 4.90 Å². The maximum absolute atomic E-state index is 12.5. The minimum Gasteiger partial charge on any atom is -0.329 e. The molecule has 0 unspecified atom stereocenters. The molecule has 2 rings (SSSR count). The maximum Gasteiger partial charge on any atom is 0.244 e. The van der Waals surface area contributed by atoms with Crippen LogP contribution in [-0.4, -0.2) is 34.9 Å². The number of sulfonamides is 1. The molecule has 2 aromatic rings. The molecule has 9 heteroatoms. The Bertz CT molecular complexity index is 731. The van der Waals surface area contributed by atoms with Crippen LogP contribution in [0.3, 0.4) is 0 Å². The summed E-state index contributed by atoms with van der Waals surface area (Å²) in [6.07, 6.45) is 1.61. The van der Waals surface area contributed by atoms with E-state index in [9.17, 15) is 8.42 Å². The summed E-state index contributed by atoms with van der Waals surface area (Å²) in [5.41, 5.74) is 8.21. The van der Waals surface area contributed by atoms with Gasteiger partial charge >= 0.3 is 0 Å². The Morgan fingerprint density at radius 2 is 2.10 bits per heavy atom. The Labute approximate surface area is 123 Å². The molecule has 2 aromatic heterocycles. The van der Waals surface area contributed by atoms with Crippen molar-refractivity contribution in [3.05, 3.63) is 28.8 Å². The lowest BCUT2D eigenvalue weighted by atomic mass is 10.3. The Morgan fingerprint density at radius 1 is 1.38 bits per heavy atom. The average molecular weight is 312 g/mol. The second-order valence-corrected chi connectivity index (χ2v) is 6.56. The van der Waals surface area contributed by atoms with Gasteiger partial charge in [0.2, 0.25) is 10.0 Å². The van der Waals surface area contributed by atoms with Crippen LogP contribution in [0, 0.1) is 20.8 Å². The lowest BCUT2D eigenvalue weighted by molar-refractivity contribution is 0.577. The summed E-state index contributed by atoms with van der Waals surface area (Å²) in [4.78, 5) is 0.220. The molecule has 0 fully saturated rings. The minimum absolute atomic E-state index is 0.186. The maximum atomic E-state index is 12.5. The average Bonchev–Trinajstić information content (AvgIpc) is 2.92. The molecular formula is C12H20N6O2S. The van der Waals surface area contributed by atoms with Gasteiger partial charge in [-0.1, -0.05) is 0 Å². The van der Waals surface area contributed by atoms with Crippen molar-refractivity contribution in [3.8, 4) is 0 Å². The van der Waals surface area contributed by atoms with E-state index >= 15 is 0 Å². The number of nitrogens with one attached hydrogen (secondary N) is 2. The smallest absolute Gasteiger partial charge is 0.244 e. The highest BCUT2D eigenvalue weighted by atomic mass is 32.2.